The van der Waals surface area contributed by atoms with Gasteiger partial charge in [0.2, 0.25) is 0 Å². The van der Waals surface area contributed by atoms with Gasteiger partial charge in [0.05, 0.1) is 12.2 Å². The van der Waals surface area contributed by atoms with E-state index in [-0.39, 0.29) is 0 Å². The number of rotatable bonds is 6. The van der Waals surface area contributed by atoms with Crippen LogP contribution in [0, 0.1) is 5.92 Å². The summed E-state index contributed by atoms with van der Waals surface area (Å²) in [6.07, 6.45) is 7.10. The predicted molar refractivity (Wildman–Crippen MR) is 89.7 cm³/mol. The molecule has 2 rings (SSSR count). The van der Waals surface area contributed by atoms with Crippen LogP contribution in [0.15, 0.2) is 0 Å². The van der Waals surface area contributed by atoms with E-state index in [2.05, 4.69) is 44.8 Å². The fourth-order valence-corrected chi connectivity index (χ4v) is 4.07. The normalized spacial score (nSPS) is 35.0. The molecule has 3 nitrogen and oxygen atoms in total. The first-order valence-corrected chi connectivity index (χ1v) is 9.18. The Morgan fingerprint density at radius 3 is 2.48 bits per heavy atom. The van der Waals surface area contributed by atoms with Crippen molar-refractivity contribution in [3.05, 3.63) is 0 Å². The molecule has 2 aliphatic rings. The zero-order chi connectivity index (χ0) is 15.5. The van der Waals surface area contributed by atoms with Crippen LogP contribution < -0.4 is 5.32 Å². The van der Waals surface area contributed by atoms with Gasteiger partial charge in [-0.2, -0.15) is 0 Å². The molecule has 2 heterocycles. The highest BCUT2D eigenvalue weighted by molar-refractivity contribution is 4.99. The van der Waals surface area contributed by atoms with E-state index < -0.39 is 0 Å². The van der Waals surface area contributed by atoms with E-state index in [1.54, 1.807) is 0 Å². The summed E-state index contributed by atoms with van der Waals surface area (Å²) < 4.78 is 6.11. The second-order valence-electron chi connectivity index (χ2n) is 7.36. The van der Waals surface area contributed by atoms with Gasteiger partial charge in [0.1, 0.15) is 0 Å². The van der Waals surface area contributed by atoms with E-state index in [4.69, 9.17) is 4.74 Å². The van der Waals surface area contributed by atoms with Crippen LogP contribution in [-0.2, 0) is 4.74 Å². The molecule has 0 aliphatic carbocycles. The predicted octanol–water partition coefficient (Wildman–Crippen LogP) is 3.43. The van der Waals surface area contributed by atoms with Crippen LogP contribution in [0.2, 0.25) is 0 Å². The average Bonchev–Trinajstić information content (AvgIpc) is 2.92. The molecule has 4 atom stereocenters. The highest BCUT2D eigenvalue weighted by Crippen LogP contribution is 2.31. The summed E-state index contributed by atoms with van der Waals surface area (Å²) in [5, 5.41) is 3.84. The van der Waals surface area contributed by atoms with Crippen molar-refractivity contribution in [2.45, 2.75) is 90.5 Å². The van der Waals surface area contributed by atoms with Crippen LogP contribution in [0.3, 0.4) is 0 Å². The van der Waals surface area contributed by atoms with Crippen molar-refractivity contribution in [2.75, 3.05) is 19.6 Å². The molecule has 3 heteroatoms. The van der Waals surface area contributed by atoms with Gasteiger partial charge in [0, 0.05) is 31.2 Å². The van der Waals surface area contributed by atoms with Gasteiger partial charge in [0.25, 0.3) is 0 Å². The average molecular weight is 296 g/mol. The number of hydrogen-bond donors (Lipinski definition) is 1. The molecule has 0 amide bonds. The molecular weight excluding hydrogens is 260 g/mol. The summed E-state index contributed by atoms with van der Waals surface area (Å²) in [5.41, 5.74) is 0.332. The Hall–Kier alpha value is -0.120. The zero-order valence-corrected chi connectivity index (χ0v) is 14.8. The second-order valence-corrected chi connectivity index (χ2v) is 7.36. The van der Waals surface area contributed by atoms with Crippen LogP contribution in [0.1, 0.15) is 66.7 Å². The van der Waals surface area contributed by atoms with Crippen molar-refractivity contribution in [2.24, 2.45) is 5.92 Å². The number of nitrogens with one attached hydrogen (secondary N) is 1. The standard InChI is InChI=1S/C18H36N2O/c1-6-14(4)17-12-20(11-16-10-9-15(5)21-16)18(7-2,8-3)13-19-17/h14-17,19H,6-13H2,1-5H3. The van der Waals surface area contributed by atoms with Crippen molar-refractivity contribution < 1.29 is 4.74 Å². The van der Waals surface area contributed by atoms with E-state index in [1.165, 1.54) is 38.6 Å². The molecule has 21 heavy (non-hydrogen) atoms. The SMILES string of the molecule is CCC(C)C1CN(CC2CCC(C)O2)C(CC)(CC)CN1. The van der Waals surface area contributed by atoms with E-state index >= 15 is 0 Å². The molecule has 124 valence electrons. The fraction of sp³-hybridized carbons (Fsp3) is 1.00. The first-order valence-electron chi connectivity index (χ1n) is 9.18. The number of nitrogens with zero attached hydrogens (tertiary/aromatic N) is 1. The third kappa shape index (κ3) is 3.80. The Kier molecular flexibility index (Phi) is 6.10. The molecule has 0 radical (unpaired) electrons. The molecule has 4 unspecified atom stereocenters. The minimum atomic E-state index is 0.332. The number of piperazine rings is 1. The minimum Gasteiger partial charge on any atom is -0.374 e. The quantitative estimate of drug-likeness (QED) is 0.812. The summed E-state index contributed by atoms with van der Waals surface area (Å²) in [6.45, 7) is 15.0. The molecule has 0 aromatic rings. The lowest BCUT2D eigenvalue weighted by atomic mass is 9.84. The van der Waals surface area contributed by atoms with Crippen molar-refractivity contribution in [3.63, 3.8) is 0 Å². The Labute approximate surface area is 131 Å². The minimum absolute atomic E-state index is 0.332. The summed E-state index contributed by atoms with van der Waals surface area (Å²) >= 11 is 0. The largest absolute Gasteiger partial charge is 0.374 e. The molecule has 2 saturated heterocycles. The molecule has 2 fully saturated rings. The third-order valence-corrected chi connectivity index (χ3v) is 6.17. The molecular formula is C18H36N2O. The van der Waals surface area contributed by atoms with Crippen LogP contribution >= 0.6 is 0 Å². The third-order valence-electron chi connectivity index (χ3n) is 6.17. The van der Waals surface area contributed by atoms with Crippen molar-refractivity contribution in [1.29, 1.82) is 0 Å². The summed E-state index contributed by atoms with van der Waals surface area (Å²) in [5.74, 6) is 0.752. The highest BCUT2D eigenvalue weighted by Gasteiger charge is 2.41. The summed E-state index contributed by atoms with van der Waals surface area (Å²) in [4.78, 5) is 2.77. The Morgan fingerprint density at radius 2 is 1.95 bits per heavy atom. The topological polar surface area (TPSA) is 24.5 Å². The zero-order valence-electron chi connectivity index (χ0n) is 14.8. The van der Waals surface area contributed by atoms with Gasteiger partial charge in [-0.15, -0.1) is 0 Å². The van der Waals surface area contributed by atoms with Gasteiger partial charge < -0.3 is 10.1 Å². The molecule has 2 aliphatic heterocycles. The van der Waals surface area contributed by atoms with Crippen molar-refractivity contribution >= 4 is 0 Å². The van der Waals surface area contributed by atoms with Crippen LogP contribution in [-0.4, -0.2) is 48.3 Å². The lowest BCUT2D eigenvalue weighted by Gasteiger charge is -2.51. The Balaban J connectivity index is 2.05. The van der Waals surface area contributed by atoms with Gasteiger partial charge in [-0.25, -0.2) is 0 Å². The summed E-state index contributed by atoms with van der Waals surface area (Å²) in [6, 6.07) is 0.639. The lowest BCUT2D eigenvalue weighted by molar-refractivity contribution is -0.0319. The van der Waals surface area contributed by atoms with Gasteiger partial charge >= 0.3 is 0 Å². The molecule has 1 N–H and O–H groups in total. The Bertz CT molecular complexity index is 314. The molecule has 0 aromatic carbocycles. The van der Waals surface area contributed by atoms with E-state index in [0.29, 0.717) is 23.8 Å². The molecule has 0 aromatic heterocycles. The molecule has 0 bridgehead atoms. The van der Waals surface area contributed by atoms with E-state index in [1.807, 2.05) is 0 Å². The maximum atomic E-state index is 6.11. The maximum absolute atomic E-state index is 6.11. The monoisotopic (exact) mass is 296 g/mol. The second kappa shape index (κ2) is 7.43. The van der Waals surface area contributed by atoms with E-state index in [9.17, 15) is 0 Å². The summed E-state index contributed by atoms with van der Waals surface area (Å²) in [7, 11) is 0. The lowest BCUT2D eigenvalue weighted by Crippen LogP contribution is -2.66. The van der Waals surface area contributed by atoms with Crippen molar-refractivity contribution in [1.82, 2.24) is 10.2 Å². The van der Waals surface area contributed by atoms with Gasteiger partial charge in [-0.1, -0.05) is 34.1 Å². The first kappa shape index (κ1) is 17.2. The first-order chi connectivity index (χ1) is 10.0. The van der Waals surface area contributed by atoms with Crippen LogP contribution in [0.5, 0.6) is 0 Å². The fourth-order valence-electron chi connectivity index (χ4n) is 4.07. The number of ether oxygens (including phenoxy) is 1. The highest BCUT2D eigenvalue weighted by atomic mass is 16.5. The van der Waals surface area contributed by atoms with Crippen molar-refractivity contribution in [3.8, 4) is 0 Å². The molecule has 0 spiro atoms. The van der Waals surface area contributed by atoms with Gasteiger partial charge in [-0.05, 0) is 38.5 Å². The number of hydrogen-bond acceptors (Lipinski definition) is 3. The Morgan fingerprint density at radius 1 is 1.24 bits per heavy atom. The maximum Gasteiger partial charge on any atom is 0.0706 e. The smallest absolute Gasteiger partial charge is 0.0706 e. The molecule has 0 saturated carbocycles. The van der Waals surface area contributed by atoms with Crippen LogP contribution in [0.25, 0.3) is 0 Å². The van der Waals surface area contributed by atoms with Gasteiger partial charge in [0.15, 0.2) is 0 Å². The van der Waals surface area contributed by atoms with E-state index in [0.717, 1.165) is 19.0 Å². The van der Waals surface area contributed by atoms with Crippen LogP contribution in [0.4, 0.5) is 0 Å². The van der Waals surface area contributed by atoms with Gasteiger partial charge in [-0.3, -0.25) is 4.90 Å².